The molecule has 0 heterocycles. The van der Waals surface area contributed by atoms with Gasteiger partial charge in [-0.25, -0.2) is 0 Å². The lowest BCUT2D eigenvalue weighted by atomic mass is 10.2. The van der Waals surface area contributed by atoms with Crippen LogP contribution in [0.2, 0.25) is 0 Å². The molecular formula is C12H23N3O2. The van der Waals surface area contributed by atoms with E-state index in [-0.39, 0.29) is 23.8 Å². The Morgan fingerprint density at radius 2 is 2.00 bits per heavy atom. The summed E-state index contributed by atoms with van der Waals surface area (Å²) in [7, 11) is 0. The Hall–Kier alpha value is -1.10. The minimum absolute atomic E-state index is 0.0336. The molecule has 1 atom stereocenters. The maximum Gasteiger partial charge on any atom is 0.223 e. The van der Waals surface area contributed by atoms with E-state index in [9.17, 15) is 9.59 Å². The maximum atomic E-state index is 11.4. The fraction of sp³-hybridized carbons (Fsp3) is 0.833. The van der Waals surface area contributed by atoms with Gasteiger partial charge in [0.15, 0.2) is 0 Å². The van der Waals surface area contributed by atoms with Gasteiger partial charge in [-0.05, 0) is 32.6 Å². The monoisotopic (exact) mass is 241 g/mol. The molecule has 4 N–H and O–H groups in total. The quantitative estimate of drug-likeness (QED) is 0.529. The highest BCUT2D eigenvalue weighted by molar-refractivity contribution is 5.81. The van der Waals surface area contributed by atoms with E-state index in [0.29, 0.717) is 25.9 Å². The first-order valence-electron chi connectivity index (χ1n) is 6.39. The second-order valence-corrected chi connectivity index (χ2v) is 4.78. The SMILES string of the molecule is CC(N)CCNC(=O)CCCNC(=O)C1CC1. The van der Waals surface area contributed by atoms with Gasteiger partial charge in [0.25, 0.3) is 0 Å². The van der Waals surface area contributed by atoms with Gasteiger partial charge >= 0.3 is 0 Å². The number of rotatable bonds is 8. The van der Waals surface area contributed by atoms with Crippen LogP contribution in [0.25, 0.3) is 0 Å². The Balaban J connectivity index is 1.90. The minimum atomic E-state index is 0.0336. The van der Waals surface area contributed by atoms with Crippen LogP contribution in [0, 0.1) is 5.92 Å². The first-order valence-corrected chi connectivity index (χ1v) is 6.39. The van der Waals surface area contributed by atoms with Crippen molar-refractivity contribution in [1.82, 2.24) is 10.6 Å². The van der Waals surface area contributed by atoms with Crippen molar-refractivity contribution in [3.8, 4) is 0 Å². The number of carbonyl (C=O) groups is 2. The lowest BCUT2D eigenvalue weighted by Gasteiger charge is -2.07. The van der Waals surface area contributed by atoms with Gasteiger partial charge in [0.05, 0.1) is 0 Å². The molecule has 0 aliphatic heterocycles. The molecule has 0 spiro atoms. The van der Waals surface area contributed by atoms with Crippen LogP contribution in [-0.4, -0.2) is 30.9 Å². The Morgan fingerprint density at radius 1 is 1.29 bits per heavy atom. The summed E-state index contributed by atoms with van der Waals surface area (Å²) in [6.07, 6.45) is 3.99. The van der Waals surface area contributed by atoms with Crippen LogP contribution in [0.3, 0.4) is 0 Å². The number of nitrogens with one attached hydrogen (secondary N) is 2. The third kappa shape index (κ3) is 6.94. The molecule has 1 aliphatic carbocycles. The molecule has 17 heavy (non-hydrogen) atoms. The highest BCUT2D eigenvalue weighted by atomic mass is 16.2. The van der Waals surface area contributed by atoms with Crippen LogP contribution in [0.5, 0.6) is 0 Å². The number of amides is 2. The zero-order valence-electron chi connectivity index (χ0n) is 10.5. The predicted octanol–water partition coefficient (Wildman–Crippen LogP) is 0.146. The predicted molar refractivity (Wildman–Crippen MR) is 66.2 cm³/mol. The molecule has 0 aromatic carbocycles. The molecule has 0 saturated heterocycles. The Labute approximate surface area is 103 Å². The number of hydrogen-bond donors (Lipinski definition) is 3. The summed E-state index contributed by atoms with van der Waals surface area (Å²) in [6.45, 7) is 3.14. The van der Waals surface area contributed by atoms with E-state index in [1.165, 1.54) is 0 Å². The van der Waals surface area contributed by atoms with Gasteiger partial charge in [0, 0.05) is 31.5 Å². The smallest absolute Gasteiger partial charge is 0.223 e. The van der Waals surface area contributed by atoms with Gasteiger partial charge in [-0.3, -0.25) is 9.59 Å². The summed E-state index contributed by atoms with van der Waals surface area (Å²) in [6, 6.07) is 0.119. The van der Waals surface area contributed by atoms with E-state index >= 15 is 0 Å². The van der Waals surface area contributed by atoms with Crippen molar-refractivity contribution < 1.29 is 9.59 Å². The summed E-state index contributed by atoms with van der Waals surface area (Å²) < 4.78 is 0. The molecule has 0 aromatic rings. The van der Waals surface area contributed by atoms with Crippen molar-refractivity contribution in [2.24, 2.45) is 11.7 Å². The van der Waals surface area contributed by atoms with Crippen LogP contribution in [0.4, 0.5) is 0 Å². The van der Waals surface area contributed by atoms with Gasteiger partial charge in [-0.15, -0.1) is 0 Å². The maximum absolute atomic E-state index is 11.4. The van der Waals surface area contributed by atoms with Crippen molar-refractivity contribution in [1.29, 1.82) is 0 Å². The van der Waals surface area contributed by atoms with E-state index in [2.05, 4.69) is 10.6 Å². The molecule has 5 nitrogen and oxygen atoms in total. The van der Waals surface area contributed by atoms with Crippen LogP contribution >= 0.6 is 0 Å². The molecule has 0 bridgehead atoms. The molecular weight excluding hydrogens is 218 g/mol. The number of hydrogen-bond acceptors (Lipinski definition) is 3. The average Bonchev–Trinajstić information content (AvgIpc) is 3.07. The van der Waals surface area contributed by atoms with E-state index < -0.39 is 0 Å². The van der Waals surface area contributed by atoms with Gasteiger partial charge < -0.3 is 16.4 Å². The normalized spacial score (nSPS) is 16.4. The first-order chi connectivity index (χ1) is 8.09. The molecule has 0 radical (unpaired) electrons. The van der Waals surface area contributed by atoms with Gasteiger partial charge in [-0.1, -0.05) is 0 Å². The fourth-order valence-corrected chi connectivity index (χ4v) is 1.48. The molecule has 1 rings (SSSR count). The lowest BCUT2D eigenvalue weighted by molar-refractivity contribution is -0.123. The standard InChI is InChI=1S/C12H23N3O2/c1-9(13)6-8-14-11(16)3-2-7-15-12(17)10-4-5-10/h9-10H,2-8,13H2,1H3,(H,14,16)(H,15,17). The highest BCUT2D eigenvalue weighted by Gasteiger charge is 2.28. The number of carbonyl (C=O) groups excluding carboxylic acids is 2. The molecule has 5 heteroatoms. The van der Waals surface area contributed by atoms with Crippen molar-refractivity contribution >= 4 is 11.8 Å². The van der Waals surface area contributed by atoms with Crippen molar-refractivity contribution in [2.45, 2.75) is 45.1 Å². The molecule has 2 amide bonds. The van der Waals surface area contributed by atoms with Gasteiger partial charge in [0.1, 0.15) is 0 Å². The molecule has 1 saturated carbocycles. The van der Waals surface area contributed by atoms with Crippen molar-refractivity contribution in [2.75, 3.05) is 13.1 Å². The molecule has 1 unspecified atom stereocenters. The topological polar surface area (TPSA) is 84.2 Å². The second-order valence-electron chi connectivity index (χ2n) is 4.78. The van der Waals surface area contributed by atoms with Gasteiger partial charge in [-0.2, -0.15) is 0 Å². The van der Waals surface area contributed by atoms with E-state index in [4.69, 9.17) is 5.73 Å². The summed E-state index contributed by atoms with van der Waals surface area (Å²) >= 11 is 0. The largest absolute Gasteiger partial charge is 0.356 e. The molecule has 1 fully saturated rings. The van der Waals surface area contributed by atoms with Crippen LogP contribution in [0.15, 0.2) is 0 Å². The zero-order valence-corrected chi connectivity index (χ0v) is 10.5. The van der Waals surface area contributed by atoms with Gasteiger partial charge in [0.2, 0.25) is 11.8 Å². The summed E-state index contributed by atoms with van der Waals surface area (Å²) in [5.74, 6) is 0.420. The summed E-state index contributed by atoms with van der Waals surface area (Å²) in [5, 5.41) is 5.64. The first kappa shape index (κ1) is 14.0. The Morgan fingerprint density at radius 3 is 2.59 bits per heavy atom. The Bertz CT molecular complexity index is 262. The lowest BCUT2D eigenvalue weighted by Crippen LogP contribution is -2.30. The van der Waals surface area contributed by atoms with Crippen molar-refractivity contribution in [3.05, 3.63) is 0 Å². The van der Waals surface area contributed by atoms with E-state index in [1.54, 1.807) is 0 Å². The average molecular weight is 241 g/mol. The Kier molecular flexibility index (Phi) is 5.97. The summed E-state index contributed by atoms with van der Waals surface area (Å²) in [4.78, 5) is 22.6. The number of nitrogens with two attached hydrogens (primary N) is 1. The fourth-order valence-electron chi connectivity index (χ4n) is 1.48. The second kappa shape index (κ2) is 7.27. The van der Waals surface area contributed by atoms with Crippen LogP contribution in [-0.2, 0) is 9.59 Å². The zero-order chi connectivity index (χ0) is 12.7. The summed E-state index contributed by atoms with van der Waals surface area (Å²) in [5.41, 5.74) is 5.57. The van der Waals surface area contributed by atoms with E-state index in [1.807, 2.05) is 6.92 Å². The third-order valence-corrected chi connectivity index (χ3v) is 2.75. The molecule has 1 aliphatic rings. The highest BCUT2D eigenvalue weighted by Crippen LogP contribution is 2.28. The molecule has 98 valence electrons. The van der Waals surface area contributed by atoms with E-state index in [0.717, 1.165) is 19.3 Å². The van der Waals surface area contributed by atoms with Crippen LogP contribution in [0.1, 0.15) is 39.0 Å². The third-order valence-electron chi connectivity index (χ3n) is 2.75. The molecule has 0 aromatic heterocycles. The van der Waals surface area contributed by atoms with Crippen LogP contribution < -0.4 is 16.4 Å². The minimum Gasteiger partial charge on any atom is -0.356 e. The van der Waals surface area contributed by atoms with Crippen molar-refractivity contribution in [3.63, 3.8) is 0 Å².